The molecule has 0 radical (unpaired) electrons. The number of benzene rings is 2. The molecule has 0 spiro atoms. The molecule has 1 aliphatic heterocycles. The summed E-state index contributed by atoms with van der Waals surface area (Å²) in [4.78, 5) is 11.5. The first-order valence-electron chi connectivity index (χ1n) is 7.92. The van der Waals surface area contributed by atoms with Crippen LogP contribution in [-0.2, 0) is 26.1 Å². The van der Waals surface area contributed by atoms with Gasteiger partial charge < -0.3 is 9.84 Å². The van der Waals surface area contributed by atoms with Crippen LogP contribution in [0.1, 0.15) is 21.5 Å². The van der Waals surface area contributed by atoms with Crippen LogP contribution in [0, 0.1) is 0 Å². The summed E-state index contributed by atoms with van der Waals surface area (Å²) in [6.07, 6.45) is 0. The number of ether oxygens (including phenoxy) is 1. The van der Waals surface area contributed by atoms with Crippen LogP contribution < -0.4 is 4.72 Å². The van der Waals surface area contributed by atoms with Gasteiger partial charge >= 0.3 is 5.97 Å². The number of sulfonamides is 1. The SMILES string of the molecule is COC(=O)c1ccc(S(=O)(=O)NCC2(O)CSCc3ccccc32)cc1. The Kier molecular flexibility index (Phi) is 5.38. The second-order valence-electron chi connectivity index (χ2n) is 6.02. The number of carbonyl (C=O) groups excluding carboxylic acids is 1. The number of nitrogens with one attached hydrogen (secondary N) is 1. The zero-order chi connectivity index (χ0) is 18.8. The maximum absolute atomic E-state index is 12.5. The Morgan fingerprint density at radius 3 is 2.62 bits per heavy atom. The third-order valence-electron chi connectivity index (χ3n) is 4.26. The van der Waals surface area contributed by atoms with E-state index < -0.39 is 21.6 Å². The van der Waals surface area contributed by atoms with Crippen molar-refractivity contribution in [2.24, 2.45) is 0 Å². The molecule has 0 saturated carbocycles. The van der Waals surface area contributed by atoms with E-state index in [1.165, 1.54) is 31.4 Å². The Bertz CT molecular complexity index is 911. The normalized spacial score (nSPS) is 19.6. The van der Waals surface area contributed by atoms with Gasteiger partial charge in [0.2, 0.25) is 10.0 Å². The lowest BCUT2D eigenvalue weighted by Crippen LogP contribution is -2.44. The highest BCUT2D eigenvalue weighted by atomic mass is 32.2. The van der Waals surface area contributed by atoms with Crippen molar-refractivity contribution in [2.75, 3.05) is 19.4 Å². The van der Waals surface area contributed by atoms with Crippen molar-refractivity contribution in [3.8, 4) is 0 Å². The van der Waals surface area contributed by atoms with Crippen LogP contribution in [0.25, 0.3) is 0 Å². The average Bonchev–Trinajstić information content (AvgIpc) is 2.66. The summed E-state index contributed by atoms with van der Waals surface area (Å²) in [7, 11) is -2.56. The van der Waals surface area contributed by atoms with Gasteiger partial charge in [-0.05, 0) is 35.4 Å². The molecule has 0 aromatic heterocycles. The second-order valence-corrected chi connectivity index (χ2v) is 8.77. The predicted octanol–water partition coefficient (Wildman–Crippen LogP) is 1.89. The van der Waals surface area contributed by atoms with Gasteiger partial charge in [0.1, 0.15) is 5.60 Å². The van der Waals surface area contributed by atoms with Gasteiger partial charge in [-0.1, -0.05) is 24.3 Å². The minimum absolute atomic E-state index is 0.0190. The minimum Gasteiger partial charge on any atom is -0.465 e. The summed E-state index contributed by atoms with van der Waals surface area (Å²) in [6.45, 7) is -0.127. The second kappa shape index (κ2) is 7.40. The maximum atomic E-state index is 12.5. The quantitative estimate of drug-likeness (QED) is 0.754. The lowest BCUT2D eigenvalue weighted by Gasteiger charge is -2.34. The Hall–Kier alpha value is -1.87. The molecule has 0 saturated heterocycles. The van der Waals surface area contributed by atoms with E-state index in [1.807, 2.05) is 24.3 Å². The summed E-state index contributed by atoms with van der Waals surface area (Å²) in [5, 5.41) is 11.0. The highest BCUT2D eigenvalue weighted by Crippen LogP contribution is 2.36. The first-order chi connectivity index (χ1) is 12.4. The molecule has 138 valence electrons. The Labute approximate surface area is 156 Å². The molecule has 0 amide bonds. The van der Waals surface area contributed by atoms with E-state index in [0.29, 0.717) is 5.75 Å². The highest BCUT2D eigenvalue weighted by Gasteiger charge is 2.35. The molecule has 0 fully saturated rings. The number of methoxy groups -OCH3 is 1. The van der Waals surface area contributed by atoms with Gasteiger partial charge in [-0.25, -0.2) is 17.9 Å². The van der Waals surface area contributed by atoms with Gasteiger partial charge in [0.15, 0.2) is 0 Å². The van der Waals surface area contributed by atoms with Crippen molar-refractivity contribution in [3.63, 3.8) is 0 Å². The fourth-order valence-electron chi connectivity index (χ4n) is 2.84. The number of fused-ring (bicyclic) bond motifs is 1. The summed E-state index contributed by atoms with van der Waals surface area (Å²) in [6, 6.07) is 12.9. The number of carbonyl (C=O) groups is 1. The van der Waals surface area contributed by atoms with Crippen molar-refractivity contribution >= 4 is 27.8 Å². The van der Waals surface area contributed by atoms with Crippen molar-refractivity contribution in [1.29, 1.82) is 0 Å². The molecule has 6 nitrogen and oxygen atoms in total. The lowest BCUT2D eigenvalue weighted by molar-refractivity contribution is 0.0600. The summed E-state index contributed by atoms with van der Waals surface area (Å²) in [5.74, 6) is 0.667. The molecule has 1 unspecified atom stereocenters. The zero-order valence-corrected chi connectivity index (χ0v) is 15.8. The monoisotopic (exact) mass is 393 g/mol. The van der Waals surface area contributed by atoms with Gasteiger partial charge in [0.25, 0.3) is 0 Å². The maximum Gasteiger partial charge on any atom is 0.337 e. The first kappa shape index (κ1) is 18.9. The molecule has 1 heterocycles. The number of hydrogen-bond acceptors (Lipinski definition) is 6. The van der Waals surface area contributed by atoms with Gasteiger partial charge in [0.05, 0.1) is 17.6 Å². The predicted molar refractivity (Wildman–Crippen MR) is 99.5 cm³/mol. The van der Waals surface area contributed by atoms with Gasteiger partial charge in [-0.15, -0.1) is 0 Å². The number of rotatable bonds is 5. The fraction of sp³-hybridized carbons (Fsp3) is 0.278. The third kappa shape index (κ3) is 3.78. The molecule has 8 heteroatoms. The van der Waals surface area contributed by atoms with Crippen molar-refractivity contribution in [3.05, 3.63) is 65.2 Å². The fourth-order valence-corrected chi connectivity index (χ4v) is 5.10. The molecule has 1 atom stereocenters. The van der Waals surface area contributed by atoms with Crippen LogP contribution in [0.5, 0.6) is 0 Å². The smallest absolute Gasteiger partial charge is 0.337 e. The van der Waals surface area contributed by atoms with E-state index in [9.17, 15) is 18.3 Å². The summed E-state index contributed by atoms with van der Waals surface area (Å²) < 4.78 is 32.1. The molecular formula is C18H19NO5S2. The topological polar surface area (TPSA) is 92.7 Å². The number of hydrogen-bond donors (Lipinski definition) is 2. The molecule has 3 rings (SSSR count). The van der Waals surface area contributed by atoms with Crippen LogP contribution in [0.15, 0.2) is 53.4 Å². The van der Waals surface area contributed by atoms with E-state index in [0.717, 1.165) is 16.9 Å². The third-order valence-corrected chi connectivity index (χ3v) is 6.87. The Balaban J connectivity index is 1.78. The van der Waals surface area contributed by atoms with Crippen LogP contribution in [0.3, 0.4) is 0 Å². The van der Waals surface area contributed by atoms with Gasteiger partial charge in [0, 0.05) is 18.1 Å². The van der Waals surface area contributed by atoms with Crippen molar-refractivity contribution in [2.45, 2.75) is 16.2 Å². The van der Waals surface area contributed by atoms with E-state index in [4.69, 9.17) is 0 Å². The van der Waals surface area contributed by atoms with Crippen LogP contribution >= 0.6 is 11.8 Å². The Morgan fingerprint density at radius 2 is 1.92 bits per heavy atom. The summed E-state index contributed by atoms with van der Waals surface area (Å²) in [5.41, 5.74) is 0.761. The van der Waals surface area contributed by atoms with E-state index in [1.54, 1.807) is 11.8 Å². The molecule has 0 aliphatic carbocycles. The zero-order valence-electron chi connectivity index (χ0n) is 14.1. The highest BCUT2D eigenvalue weighted by molar-refractivity contribution is 7.98. The molecule has 2 N–H and O–H groups in total. The Morgan fingerprint density at radius 1 is 1.23 bits per heavy atom. The van der Waals surface area contributed by atoms with E-state index >= 15 is 0 Å². The molecule has 26 heavy (non-hydrogen) atoms. The molecule has 2 aromatic carbocycles. The molecule has 1 aliphatic rings. The molecular weight excluding hydrogens is 374 g/mol. The minimum atomic E-state index is -3.82. The number of esters is 1. The molecule has 2 aromatic rings. The molecule has 0 bridgehead atoms. The van der Waals surface area contributed by atoms with E-state index in [2.05, 4.69) is 9.46 Å². The average molecular weight is 393 g/mol. The van der Waals surface area contributed by atoms with Crippen LogP contribution in [0.2, 0.25) is 0 Å². The summed E-state index contributed by atoms with van der Waals surface area (Å²) >= 11 is 1.56. The van der Waals surface area contributed by atoms with E-state index in [-0.39, 0.29) is 17.0 Å². The first-order valence-corrected chi connectivity index (χ1v) is 10.6. The van der Waals surface area contributed by atoms with Crippen LogP contribution in [0.4, 0.5) is 0 Å². The standard InChI is InChI=1S/C18H19NO5S2/c1-24-17(20)13-6-8-15(9-7-13)26(22,23)19-11-18(21)12-25-10-14-4-2-3-5-16(14)18/h2-9,19,21H,10-12H2,1H3. The number of thioether (sulfide) groups is 1. The van der Waals surface area contributed by atoms with Gasteiger partial charge in [-0.3, -0.25) is 0 Å². The number of aliphatic hydroxyl groups is 1. The van der Waals surface area contributed by atoms with Crippen LogP contribution in [-0.4, -0.2) is 38.9 Å². The lowest BCUT2D eigenvalue weighted by atomic mass is 9.91. The van der Waals surface area contributed by atoms with Crippen molar-refractivity contribution in [1.82, 2.24) is 4.72 Å². The largest absolute Gasteiger partial charge is 0.465 e. The van der Waals surface area contributed by atoms with Crippen molar-refractivity contribution < 1.29 is 23.1 Å². The van der Waals surface area contributed by atoms with Gasteiger partial charge in [-0.2, -0.15) is 11.8 Å².